The van der Waals surface area contributed by atoms with Crippen LogP contribution in [-0.4, -0.2) is 9.97 Å². The molecule has 5 heteroatoms. The van der Waals surface area contributed by atoms with Crippen LogP contribution in [0.1, 0.15) is 18.8 Å². The first-order valence-electron chi connectivity index (χ1n) is 4.53. The summed E-state index contributed by atoms with van der Waals surface area (Å²) >= 11 is 0. The third kappa shape index (κ3) is 1.61. The van der Waals surface area contributed by atoms with Gasteiger partial charge in [-0.2, -0.15) is 0 Å². The summed E-state index contributed by atoms with van der Waals surface area (Å²) in [6, 6.07) is 3.83. The molecule has 1 heterocycles. The van der Waals surface area contributed by atoms with Crippen molar-refractivity contribution in [2.45, 2.75) is 13.0 Å². The Morgan fingerprint density at radius 3 is 2.93 bits per heavy atom. The molecule has 0 radical (unpaired) electrons. The normalized spacial score (nSPS) is 13.0. The highest BCUT2D eigenvalue weighted by Gasteiger charge is 2.09. The molecule has 0 aliphatic heterocycles. The molecular formula is C10H10FN3O. The van der Waals surface area contributed by atoms with Crippen LogP contribution in [0.2, 0.25) is 0 Å². The highest BCUT2D eigenvalue weighted by atomic mass is 19.1. The topological polar surface area (TPSA) is 71.8 Å². The number of fused-ring (bicyclic) bond motifs is 1. The predicted molar refractivity (Wildman–Crippen MR) is 54.9 cm³/mol. The van der Waals surface area contributed by atoms with Gasteiger partial charge in [-0.1, -0.05) is 6.07 Å². The summed E-state index contributed by atoms with van der Waals surface area (Å²) in [5, 5.41) is 0.236. The first-order chi connectivity index (χ1) is 7.09. The quantitative estimate of drug-likeness (QED) is 0.735. The lowest BCUT2D eigenvalue weighted by atomic mass is 10.2. The maximum Gasteiger partial charge on any atom is 0.258 e. The van der Waals surface area contributed by atoms with Crippen LogP contribution in [0.4, 0.5) is 4.39 Å². The van der Waals surface area contributed by atoms with E-state index in [0.717, 1.165) is 0 Å². The lowest BCUT2D eigenvalue weighted by Gasteiger charge is -2.05. The van der Waals surface area contributed by atoms with Crippen molar-refractivity contribution in [2.75, 3.05) is 0 Å². The maximum atomic E-state index is 13.4. The van der Waals surface area contributed by atoms with E-state index in [9.17, 15) is 9.18 Å². The molecule has 0 spiro atoms. The van der Waals surface area contributed by atoms with Crippen LogP contribution < -0.4 is 11.3 Å². The van der Waals surface area contributed by atoms with E-state index in [2.05, 4.69) is 9.97 Å². The molecule has 78 valence electrons. The molecule has 4 nitrogen and oxygen atoms in total. The Kier molecular flexibility index (Phi) is 2.24. The van der Waals surface area contributed by atoms with Gasteiger partial charge in [0.05, 0.1) is 11.4 Å². The van der Waals surface area contributed by atoms with E-state index in [1.165, 1.54) is 18.2 Å². The number of aromatic amines is 1. The molecule has 1 atom stereocenters. The van der Waals surface area contributed by atoms with Crippen LogP contribution in [0.25, 0.3) is 10.9 Å². The SMILES string of the molecule is CC(N)c1nc2c(F)cccc2c(=O)[nH]1. The number of benzene rings is 1. The number of halogens is 1. The van der Waals surface area contributed by atoms with Crippen molar-refractivity contribution in [2.24, 2.45) is 5.73 Å². The van der Waals surface area contributed by atoms with Crippen molar-refractivity contribution in [1.29, 1.82) is 0 Å². The summed E-state index contributed by atoms with van der Waals surface area (Å²) < 4.78 is 13.4. The zero-order valence-corrected chi connectivity index (χ0v) is 8.12. The van der Waals surface area contributed by atoms with Gasteiger partial charge < -0.3 is 10.7 Å². The van der Waals surface area contributed by atoms with Gasteiger partial charge in [0.1, 0.15) is 17.2 Å². The Bertz CT molecular complexity index is 562. The molecule has 1 aromatic heterocycles. The van der Waals surface area contributed by atoms with Gasteiger partial charge in [0.25, 0.3) is 5.56 Å². The minimum Gasteiger partial charge on any atom is -0.322 e. The van der Waals surface area contributed by atoms with Gasteiger partial charge >= 0.3 is 0 Å². The number of hydrogen-bond acceptors (Lipinski definition) is 3. The number of nitrogens with two attached hydrogens (primary N) is 1. The Balaban J connectivity index is 2.86. The van der Waals surface area contributed by atoms with E-state index in [0.29, 0.717) is 0 Å². The predicted octanol–water partition coefficient (Wildman–Crippen LogP) is 1.08. The summed E-state index contributed by atoms with van der Waals surface area (Å²) in [7, 11) is 0. The molecule has 2 aromatic rings. The Morgan fingerprint density at radius 1 is 1.53 bits per heavy atom. The van der Waals surface area contributed by atoms with Gasteiger partial charge in [0.2, 0.25) is 0 Å². The van der Waals surface area contributed by atoms with E-state index in [-0.39, 0.29) is 22.3 Å². The average molecular weight is 207 g/mol. The maximum absolute atomic E-state index is 13.4. The van der Waals surface area contributed by atoms with Crippen molar-refractivity contribution in [3.8, 4) is 0 Å². The Hall–Kier alpha value is -1.75. The van der Waals surface area contributed by atoms with E-state index in [1.807, 2.05) is 0 Å². The summed E-state index contributed by atoms with van der Waals surface area (Å²) in [6.45, 7) is 1.67. The van der Waals surface area contributed by atoms with Crippen molar-refractivity contribution in [1.82, 2.24) is 9.97 Å². The minimum atomic E-state index is -0.513. The molecule has 1 unspecified atom stereocenters. The number of hydrogen-bond donors (Lipinski definition) is 2. The van der Waals surface area contributed by atoms with Crippen LogP contribution in [0.5, 0.6) is 0 Å². The molecule has 0 aliphatic carbocycles. The molecule has 0 saturated carbocycles. The van der Waals surface area contributed by atoms with Crippen LogP contribution in [0, 0.1) is 5.82 Å². The zero-order chi connectivity index (χ0) is 11.0. The second-order valence-electron chi connectivity index (χ2n) is 3.38. The highest BCUT2D eigenvalue weighted by Crippen LogP contribution is 2.12. The van der Waals surface area contributed by atoms with Crippen molar-refractivity contribution < 1.29 is 4.39 Å². The van der Waals surface area contributed by atoms with Gasteiger partial charge in [-0.05, 0) is 19.1 Å². The standard InChI is InChI=1S/C10H10FN3O/c1-5(12)9-13-8-6(10(15)14-9)3-2-4-7(8)11/h2-5H,12H2,1H3,(H,13,14,15). The second kappa shape index (κ2) is 3.43. The molecule has 3 N–H and O–H groups in total. The molecular weight excluding hydrogens is 197 g/mol. The number of nitrogens with zero attached hydrogens (tertiary/aromatic N) is 1. The number of para-hydroxylation sites is 1. The number of H-pyrrole nitrogens is 1. The van der Waals surface area contributed by atoms with Crippen LogP contribution in [0.3, 0.4) is 0 Å². The molecule has 0 bridgehead atoms. The molecule has 0 fully saturated rings. The van der Waals surface area contributed by atoms with E-state index in [4.69, 9.17) is 5.73 Å². The fourth-order valence-electron chi connectivity index (χ4n) is 1.36. The summed E-state index contributed by atoms with van der Waals surface area (Å²) in [6.07, 6.45) is 0. The Morgan fingerprint density at radius 2 is 2.27 bits per heavy atom. The smallest absolute Gasteiger partial charge is 0.258 e. The lowest BCUT2D eigenvalue weighted by Crippen LogP contribution is -2.18. The average Bonchev–Trinajstić information content (AvgIpc) is 2.19. The zero-order valence-electron chi connectivity index (χ0n) is 8.12. The fourth-order valence-corrected chi connectivity index (χ4v) is 1.36. The largest absolute Gasteiger partial charge is 0.322 e. The van der Waals surface area contributed by atoms with Gasteiger partial charge in [-0.15, -0.1) is 0 Å². The fraction of sp³-hybridized carbons (Fsp3) is 0.200. The highest BCUT2D eigenvalue weighted by molar-refractivity contribution is 5.77. The summed E-state index contributed by atoms with van der Waals surface area (Å²) in [5.74, 6) is -0.224. The molecule has 1 aromatic carbocycles. The molecule has 0 amide bonds. The molecule has 0 saturated heterocycles. The van der Waals surface area contributed by atoms with E-state index >= 15 is 0 Å². The van der Waals surface area contributed by atoms with Gasteiger partial charge in [-0.3, -0.25) is 4.79 Å². The number of rotatable bonds is 1. The lowest BCUT2D eigenvalue weighted by molar-refractivity contribution is 0.633. The minimum absolute atomic E-state index is 0.0635. The molecule has 15 heavy (non-hydrogen) atoms. The summed E-state index contributed by atoms with van der Waals surface area (Å²) in [5.41, 5.74) is 5.26. The number of aromatic nitrogens is 2. The molecule has 2 rings (SSSR count). The third-order valence-corrected chi connectivity index (χ3v) is 2.14. The van der Waals surface area contributed by atoms with E-state index in [1.54, 1.807) is 6.92 Å². The van der Waals surface area contributed by atoms with Crippen LogP contribution in [0.15, 0.2) is 23.0 Å². The van der Waals surface area contributed by atoms with Crippen molar-refractivity contribution in [3.63, 3.8) is 0 Å². The van der Waals surface area contributed by atoms with Crippen molar-refractivity contribution >= 4 is 10.9 Å². The van der Waals surface area contributed by atoms with Crippen LogP contribution >= 0.6 is 0 Å². The summed E-state index contributed by atoms with van der Waals surface area (Å²) in [4.78, 5) is 18.0. The Labute approximate surface area is 84.9 Å². The van der Waals surface area contributed by atoms with Crippen LogP contribution in [-0.2, 0) is 0 Å². The first-order valence-corrected chi connectivity index (χ1v) is 4.53. The second-order valence-corrected chi connectivity index (χ2v) is 3.38. The van der Waals surface area contributed by atoms with Gasteiger partial charge in [0.15, 0.2) is 0 Å². The third-order valence-electron chi connectivity index (χ3n) is 2.14. The molecule has 0 aliphatic rings. The van der Waals surface area contributed by atoms with Gasteiger partial charge in [0, 0.05) is 0 Å². The monoisotopic (exact) mass is 207 g/mol. The van der Waals surface area contributed by atoms with Crippen molar-refractivity contribution in [3.05, 3.63) is 40.2 Å². The van der Waals surface area contributed by atoms with E-state index < -0.39 is 11.9 Å². The first kappa shape index (κ1) is 9.79. The number of nitrogens with one attached hydrogen (secondary N) is 1. The van der Waals surface area contributed by atoms with Gasteiger partial charge in [-0.25, -0.2) is 9.37 Å².